The van der Waals surface area contributed by atoms with Crippen molar-refractivity contribution in [3.05, 3.63) is 0 Å². The van der Waals surface area contributed by atoms with Crippen molar-refractivity contribution in [2.45, 2.75) is 70.3 Å². The summed E-state index contributed by atoms with van der Waals surface area (Å²) in [5.74, 6) is -0.715. The molecule has 2 saturated carbocycles. The molecule has 5 heteroatoms. The van der Waals surface area contributed by atoms with Gasteiger partial charge in [-0.1, -0.05) is 0 Å². The van der Waals surface area contributed by atoms with Crippen LogP contribution in [0.4, 0.5) is 13.2 Å². The predicted octanol–water partition coefficient (Wildman–Crippen LogP) is 3.20. The van der Waals surface area contributed by atoms with Crippen LogP contribution in [0.25, 0.3) is 0 Å². The Morgan fingerprint density at radius 1 is 1.16 bits per heavy atom. The number of alkyl halides is 3. The van der Waals surface area contributed by atoms with Crippen LogP contribution in [0.2, 0.25) is 0 Å². The lowest BCUT2D eigenvalue weighted by atomic mass is 9.81. The van der Waals surface area contributed by atoms with Crippen molar-refractivity contribution in [3.8, 4) is 0 Å². The zero-order valence-electron chi connectivity index (χ0n) is 11.7. The summed E-state index contributed by atoms with van der Waals surface area (Å²) in [6.45, 7) is 4.66. The van der Waals surface area contributed by atoms with Gasteiger partial charge >= 0.3 is 6.18 Å². The zero-order valence-corrected chi connectivity index (χ0v) is 11.7. The van der Waals surface area contributed by atoms with Crippen LogP contribution in [0, 0.1) is 11.8 Å². The summed E-state index contributed by atoms with van der Waals surface area (Å²) in [5, 5.41) is 9.75. The molecule has 0 aromatic heterocycles. The minimum atomic E-state index is -4.15. The SMILES string of the molecule is CC(C)N(CC1CC1)C1CC(O)CCC1C(F)(F)F. The Morgan fingerprint density at radius 2 is 1.79 bits per heavy atom. The quantitative estimate of drug-likeness (QED) is 0.854. The average molecular weight is 279 g/mol. The van der Waals surface area contributed by atoms with E-state index in [2.05, 4.69) is 0 Å². The second-order valence-corrected chi connectivity index (χ2v) is 6.42. The van der Waals surface area contributed by atoms with Gasteiger partial charge in [0.15, 0.2) is 0 Å². The molecule has 1 N–H and O–H groups in total. The largest absolute Gasteiger partial charge is 0.393 e. The minimum Gasteiger partial charge on any atom is -0.393 e. The molecule has 2 nitrogen and oxygen atoms in total. The highest BCUT2D eigenvalue weighted by atomic mass is 19.4. The Bertz CT molecular complexity index is 302. The van der Waals surface area contributed by atoms with Gasteiger partial charge in [0, 0.05) is 18.6 Å². The van der Waals surface area contributed by atoms with Crippen LogP contribution in [0.5, 0.6) is 0 Å². The van der Waals surface area contributed by atoms with Crippen LogP contribution in [0.1, 0.15) is 46.0 Å². The van der Waals surface area contributed by atoms with Gasteiger partial charge in [-0.25, -0.2) is 0 Å². The van der Waals surface area contributed by atoms with Crippen LogP contribution in [-0.4, -0.2) is 40.9 Å². The Labute approximate surface area is 113 Å². The molecule has 0 aliphatic heterocycles. The summed E-state index contributed by atoms with van der Waals surface area (Å²) in [5.41, 5.74) is 0. The first-order valence-corrected chi connectivity index (χ1v) is 7.29. The van der Waals surface area contributed by atoms with Crippen molar-refractivity contribution < 1.29 is 18.3 Å². The first-order chi connectivity index (χ1) is 8.79. The van der Waals surface area contributed by atoms with Gasteiger partial charge < -0.3 is 5.11 Å². The van der Waals surface area contributed by atoms with Gasteiger partial charge in [-0.05, 0) is 51.9 Å². The molecule has 0 bridgehead atoms. The highest BCUT2D eigenvalue weighted by Crippen LogP contribution is 2.42. The van der Waals surface area contributed by atoms with Gasteiger partial charge in [-0.3, -0.25) is 4.90 Å². The number of rotatable bonds is 4. The van der Waals surface area contributed by atoms with Crippen molar-refractivity contribution in [1.29, 1.82) is 0 Å². The second kappa shape index (κ2) is 5.60. The van der Waals surface area contributed by atoms with Crippen molar-refractivity contribution in [3.63, 3.8) is 0 Å². The topological polar surface area (TPSA) is 23.5 Å². The number of aliphatic hydroxyl groups is 1. The predicted molar refractivity (Wildman–Crippen MR) is 67.8 cm³/mol. The number of aliphatic hydroxyl groups excluding tert-OH is 1. The van der Waals surface area contributed by atoms with Crippen LogP contribution in [0.15, 0.2) is 0 Å². The molecule has 0 saturated heterocycles. The molecule has 2 fully saturated rings. The van der Waals surface area contributed by atoms with Crippen LogP contribution >= 0.6 is 0 Å². The van der Waals surface area contributed by atoms with Gasteiger partial charge in [0.25, 0.3) is 0 Å². The molecular formula is C14H24F3NO. The maximum atomic E-state index is 13.2. The lowest BCUT2D eigenvalue weighted by Crippen LogP contribution is -2.53. The number of halogens is 3. The van der Waals surface area contributed by atoms with Gasteiger partial charge in [-0.2, -0.15) is 13.2 Å². The number of nitrogens with zero attached hydrogens (tertiary/aromatic N) is 1. The summed E-state index contributed by atoms with van der Waals surface area (Å²) in [6, 6.07) is -0.454. The molecule has 0 radical (unpaired) electrons. The summed E-state index contributed by atoms with van der Waals surface area (Å²) in [7, 11) is 0. The average Bonchev–Trinajstić information content (AvgIpc) is 3.07. The number of hydrogen-bond acceptors (Lipinski definition) is 2. The molecule has 19 heavy (non-hydrogen) atoms. The van der Waals surface area contributed by atoms with Crippen LogP contribution < -0.4 is 0 Å². The molecule has 0 heterocycles. The van der Waals surface area contributed by atoms with E-state index in [1.807, 2.05) is 18.7 Å². The Kier molecular flexibility index (Phi) is 4.45. The van der Waals surface area contributed by atoms with Gasteiger partial charge in [0.2, 0.25) is 0 Å². The van der Waals surface area contributed by atoms with Crippen molar-refractivity contribution >= 4 is 0 Å². The summed E-state index contributed by atoms with van der Waals surface area (Å²) in [6.07, 6.45) is -1.87. The van der Waals surface area contributed by atoms with E-state index in [0.29, 0.717) is 5.92 Å². The third kappa shape index (κ3) is 3.85. The maximum absolute atomic E-state index is 13.2. The van der Waals surface area contributed by atoms with E-state index in [1.165, 1.54) is 0 Å². The molecule has 3 unspecified atom stereocenters. The third-order valence-electron chi connectivity index (χ3n) is 4.46. The fraction of sp³-hybridized carbons (Fsp3) is 1.00. The summed E-state index contributed by atoms with van der Waals surface area (Å²) >= 11 is 0. The van der Waals surface area contributed by atoms with Gasteiger partial charge in [-0.15, -0.1) is 0 Å². The van der Waals surface area contributed by atoms with Crippen molar-refractivity contribution in [2.75, 3.05) is 6.54 Å². The molecule has 0 aromatic carbocycles. The van der Waals surface area contributed by atoms with E-state index in [9.17, 15) is 18.3 Å². The normalized spacial score (nSPS) is 33.2. The molecule has 0 aromatic rings. The smallest absolute Gasteiger partial charge is 0.393 e. The van der Waals surface area contributed by atoms with Gasteiger partial charge in [0.1, 0.15) is 0 Å². The molecule has 2 aliphatic carbocycles. The van der Waals surface area contributed by atoms with E-state index in [-0.39, 0.29) is 25.3 Å². The van der Waals surface area contributed by atoms with Crippen LogP contribution in [-0.2, 0) is 0 Å². The van der Waals surface area contributed by atoms with E-state index >= 15 is 0 Å². The first kappa shape index (κ1) is 15.1. The molecule has 0 amide bonds. The van der Waals surface area contributed by atoms with E-state index in [1.54, 1.807) is 0 Å². The second-order valence-electron chi connectivity index (χ2n) is 6.42. The highest BCUT2D eigenvalue weighted by molar-refractivity contribution is 4.93. The molecular weight excluding hydrogens is 255 g/mol. The van der Waals surface area contributed by atoms with Gasteiger partial charge in [0.05, 0.1) is 12.0 Å². The molecule has 2 rings (SSSR count). The zero-order chi connectivity index (χ0) is 14.2. The molecule has 2 aliphatic rings. The maximum Gasteiger partial charge on any atom is 0.393 e. The lowest BCUT2D eigenvalue weighted by Gasteiger charge is -2.44. The Morgan fingerprint density at radius 3 is 2.26 bits per heavy atom. The van der Waals surface area contributed by atoms with E-state index < -0.39 is 24.2 Å². The van der Waals surface area contributed by atoms with Crippen molar-refractivity contribution in [2.24, 2.45) is 11.8 Å². The first-order valence-electron chi connectivity index (χ1n) is 7.29. The lowest BCUT2D eigenvalue weighted by molar-refractivity contribution is -0.207. The van der Waals surface area contributed by atoms with Crippen molar-refractivity contribution in [1.82, 2.24) is 4.90 Å². The third-order valence-corrected chi connectivity index (χ3v) is 4.46. The number of hydrogen-bond donors (Lipinski definition) is 1. The minimum absolute atomic E-state index is 0.0588. The monoisotopic (exact) mass is 279 g/mol. The molecule has 3 atom stereocenters. The summed E-state index contributed by atoms with van der Waals surface area (Å²) in [4.78, 5) is 1.98. The molecule has 112 valence electrons. The van der Waals surface area contributed by atoms with E-state index in [4.69, 9.17) is 0 Å². The van der Waals surface area contributed by atoms with Crippen LogP contribution in [0.3, 0.4) is 0 Å². The Hall–Kier alpha value is -0.290. The fourth-order valence-corrected chi connectivity index (χ4v) is 3.20. The fourth-order valence-electron chi connectivity index (χ4n) is 3.20. The van der Waals surface area contributed by atoms with E-state index in [0.717, 1.165) is 19.4 Å². The standard InChI is InChI=1S/C14H24F3NO/c1-9(2)18(8-10-3-4-10)13-7-11(19)5-6-12(13)14(15,16)17/h9-13,19H,3-8H2,1-2H3. The summed E-state index contributed by atoms with van der Waals surface area (Å²) < 4.78 is 39.6. The Balaban J connectivity index is 2.13. The highest BCUT2D eigenvalue weighted by Gasteiger charge is 2.49. The molecule has 0 spiro atoms.